The molecule has 2 aromatic carbocycles. The number of alkyl halides is 3. The van der Waals surface area contributed by atoms with E-state index in [4.69, 9.17) is 4.84 Å². The van der Waals surface area contributed by atoms with Crippen molar-refractivity contribution in [2.75, 3.05) is 0 Å². The third-order valence-corrected chi connectivity index (χ3v) is 5.19. The topological polar surface area (TPSA) is 47.7 Å². The first kappa shape index (κ1) is 22.3. The second kappa shape index (κ2) is 9.28. The minimum Gasteiger partial charge on any atom is -0.357 e. The summed E-state index contributed by atoms with van der Waals surface area (Å²) >= 11 is 0. The molecule has 168 valence electrons. The van der Waals surface area contributed by atoms with E-state index in [2.05, 4.69) is 5.16 Å². The number of benzene rings is 2. The van der Waals surface area contributed by atoms with E-state index in [0.717, 1.165) is 17.7 Å². The third kappa shape index (κ3) is 4.95. The van der Waals surface area contributed by atoms with Gasteiger partial charge in [0.2, 0.25) is 0 Å². The molecule has 0 aliphatic carbocycles. The zero-order valence-corrected chi connectivity index (χ0v) is 17.8. The van der Waals surface area contributed by atoms with Crippen LogP contribution in [0.25, 0.3) is 16.8 Å². The Morgan fingerprint density at radius 2 is 1.85 bits per heavy atom. The van der Waals surface area contributed by atoms with Gasteiger partial charge in [0, 0.05) is 18.7 Å². The zero-order valence-electron chi connectivity index (χ0n) is 17.8. The number of aryl methyl sites for hydroxylation is 2. The number of rotatable bonds is 6. The second-order valence-corrected chi connectivity index (χ2v) is 7.48. The molecule has 0 bridgehead atoms. The van der Waals surface area contributed by atoms with Crippen LogP contribution in [0.1, 0.15) is 17.5 Å². The van der Waals surface area contributed by atoms with Crippen molar-refractivity contribution in [3.05, 3.63) is 101 Å². The zero-order chi connectivity index (χ0) is 23.4. The Labute approximate surface area is 188 Å². The summed E-state index contributed by atoms with van der Waals surface area (Å²) in [6.45, 7) is 2.37. The lowest BCUT2D eigenvalue weighted by Gasteiger charge is -2.09. The van der Waals surface area contributed by atoms with Crippen molar-refractivity contribution in [3.8, 4) is 16.9 Å². The van der Waals surface area contributed by atoms with Gasteiger partial charge in [-0.25, -0.2) is 9.36 Å². The number of hydrogen-bond acceptors (Lipinski definition) is 3. The molecule has 0 saturated carbocycles. The molecule has 8 heteroatoms. The molecule has 5 nitrogen and oxygen atoms in total. The van der Waals surface area contributed by atoms with Crippen LogP contribution < -0.4 is 14.8 Å². The lowest BCUT2D eigenvalue weighted by Crippen LogP contribution is -2.43. The molecule has 0 unspecified atom stereocenters. The lowest BCUT2D eigenvalue weighted by atomic mass is 10.1. The molecular weight excluding hydrogens is 431 g/mol. The van der Waals surface area contributed by atoms with Gasteiger partial charge in [-0.3, -0.25) is 0 Å². The summed E-state index contributed by atoms with van der Waals surface area (Å²) in [6, 6.07) is 17.6. The Kier molecular flexibility index (Phi) is 6.26. The Bertz CT molecular complexity index is 1380. The Morgan fingerprint density at radius 3 is 2.64 bits per heavy atom. The highest BCUT2D eigenvalue weighted by molar-refractivity contribution is 5.63. The number of oxime groups is 1. The first-order chi connectivity index (χ1) is 15.8. The van der Waals surface area contributed by atoms with Gasteiger partial charge in [-0.2, -0.15) is 17.6 Å². The summed E-state index contributed by atoms with van der Waals surface area (Å²) in [7, 11) is 0. The molecule has 4 rings (SSSR count). The number of pyridine rings is 1. The van der Waals surface area contributed by atoms with Gasteiger partial charge in [0.1, 0.15) is 11.8 Å². The van der Waals surface area contributed by atoms with Gasteiger partial charge in [-0.05, 0) is 42.3 Å². The maximum Gasteiger partial charge on any atom is 0.416 e. The fraction of sp³-hybridized carbons (Fsp3) is 0.160. The van der Waals surface area contributed by atoms with Gasteiger partial charge >= 0.3 is 11.7 Å². The highest BCUT2D eigenvalue weighted by atomic mass is 19.4. The van der Waals surface area contributed by atoms with Crippen LogP contribution in [-0.4, -0.2) is 10.8 Å². The lowest BCUT2D eigenvalue weighted by molar-refractivity contribution is -0.531. The van der Waals surface area contributed by atoms with Crippen molar-refractivity contribution in [1.82, 2.24) is 4.57 Å². The first-order valence-electron chi connectivity index (χ1n) is 10.3. The fourth-order valence-corrected chi connectivity index (χ4v) is 3.49. The third-order valence-electron chi connectivity index (χ3n) is 5.19. The molecule has 2 heterocycles. The van der Waals surface area contributed by atoms with Gasteiger partial charge in [0.15, 0.2) is 5.75 Å². The largest absolute Gasteiger partial charge is 0.416 e. The SMILES string of the molecule is Cc1ccccc1O/N=C\CCn1cc(-c2cccc(C(F)(F)F)c2)c(=O)[n+]2ccccc12. The minimum absolute atomic E-state index is 0.179. The van der Waals surface area contributed by atoms with E-state index in [-0.39, 0.29) is 11.1 Å². The van der Waals surface area contributed by atoms with Crippen LogP contribution in [0.2, 0.25) is 0 Å². The summed E-state index contributed by atoms with van der Waals surface area (Å²) in [4.78, 5) is 18.4. The number of hydrogen-bond donors (Lipinski definition) is 0. The van der Waals surface area contributed by atoms with E-state index >= 15 is 0 Å². The average Bonchev–Trinajstić information content (AvgIpc) is 2.81. The monoisotopic (exact) mass is 452 g/mol. The molecule has 0 radical (unpaired) electrons. The highest BCUT2D eigenvalue weighted by Crippen LogP contribution is 2.31. The van der Waals surface area contributed by atoms with Crippen molar-refractivity contribution in [2.24, 2.45) is 5.16 Å². The average molecular weight is 452 g/mol. The Morgan fingerprint density at radius 1 is 1.06 bits per heavy atom. The standard InChI is InChI=1S/C25H21F3N3O2/c1-18-8-2-3-11-22(18)33-29-13-7-14-30-17-21(24(32)31-15-5-4-12-23(30)31)19-9-6-10-20(16-19)25(26,27)28/h2-6,8-13,15-17H,7,14H2,1H3/q+1/b29-13-. The maximum absolute atomic E-state index is 13.2. The van der Waals surface area contributed by atoms with Gasteiger partial charge in [0.25, 0.3) is 5.65 Å². The van der Waals surface area contributed by atoms with Crippen molar-refractivity contribution in [1.29, 1.82) is 0 Å². The smallest absolute Gasteiger partial charge is 0.357 e. The van der Waals surface area contributed by atoms with Crippen molar-refractivity contribution in [3.63, 3.8) is 0 Å². The molecule has 0 saturated heterocycles. The van der Waals surface area contributed by atoms with Gasteiger partial charge in [-0.1, -0.05) is 41.6 Å². The van der Waals surface area contributed by atoms with E-state index in [1.807, 2.05) is 35.8 Å². The van der Waals surface area contributed by atoms with Crippen LogP contribution in [0, 0.1) is 6.92 Å². The number of para-hydroxylation sites is 1. The quantitative estimate of drug-likeness (QED) is 0.234. The van der Waals surface area contributed by atoms with Gasteiger partial charge in [-0.15, -0.1) is 0 Å². The summed E-state index contributed by atoms with van der Waals surface area (Å²) in [6.07, 6.45) is 0.797. The van der Waals surface area contributed by atoms with E-state index in [1.54, 1.807) is 36.8 Å². The molecule has 0 aliphatic heterocycles. The summed E-state index contributed by atoms with van der Waals surface area (Å²) in [5, 5.41) is 4.00. The molecule has 0 amide bonds. The molecule has 0 atom stereocenters. The molecular formula is C25H21F3N3O2+. The van der Waals surface area contributed by atoms with Crippen LogP contribution in [0.4, 0.5) is 13.2 Å². The van der Waals surface area contributed by atoms with Crippen molar-refractivity contribution in [2.45, 2.75) is 26.1 Å². The highest BCUT2D eigenvalue weighted by Gasteiger charge is 2.31. The summed E-state index contributed by atoms with van der Waals surface area (Å²) in [5.41, 5.74) is 0.772. The Hall–Kier alpha value is -3.94. The van der Waals surface area contributed by atoms with Crippen LogP contribution in [-0.2, 0) is 12.7 Å². The first-order valence-corrected chi connectivity index (χ1v) is 10.3. The summed E-state index contributed by atoms with van der Waals surface area (Å²) < 4.78 is 42.8. The summed E-state index contributed by atoms with van der Waals surface area (Å²) in [5.74, 6) is 0.657. The van der Waals surface area contributed by atoms with Gasteiger partial charge in [0.05, 0.1) is 18.3 Å². The van der Waals surface area contributed by atoms with Gasteiger partial charge < -0.3 is 4.84 Å². The maximum atomic E-state index is 13.2. The second-order valence-electron chi connectivity index (χ2n) is 7.48. The molecule has 0 N–H and O–H groups in total. The molecule has 2 aromatic heterocycles. The van der Waals surface area contributed by atoms with E-state index in [0.29, 0.717) is 24.4 Å². The minimum atomic E-state index is -4.49. The predicted molar refractivity (Wildman–Crippen MR) is 119 cm³/mol. The normalized spacial score (nSPS) is 11.9. The number of nitrogens with zero attached hydrogens (tertiary/aromatic N) is 3. The molecule has 0 spiro atoms. The van der Waals surface area contributed by atoms with E-state index in [9.17, 15) is 18.0 Å². The van der Waals surface area contributed by atoms with Crippen LogP contribution in [0.3, 0.4) is 0 Å². The molecule has 0 fully saturated rings. The predicted octanol–water partition coefficient (Wildman–Crippen LogP) is 5.04. The van der Waals surface area contributed by atoms with E-state index < -0.39 is 17.3 Å². The fourth-order valence-electron chi connectivity index (χ4n) is 3.49. The molecule has 33 heavy (non-hydrogen) atoms. The van der Waals surface area contributed by atoms with Crippen molar-refractivity contribution < 1.29 is 22.4 Å². The van der Waals surface area contributed by atoms with Crippen LogP contribution in [0.15, 0.2) is 89.1 Å². The Balaban J connectivity index is 1.63. The number of halogens is 3. The van der Waals surface area contributed by atoms with Crippen molar-refractivity contribution >= 4 is 11.9 Å². The molecule has 4 aromatic rings. The van der Waals surface area contributed by atoms with Crippen LogP contribution >= 0.6 is 0 Å². The number of aromatic nitrogens is 2. The van der Waals surface area contributed by atoms with Crippen LogP contribution in [0.5, 0.6) is 5.75 Å². The molecule has 0 aliphatic rings. The number of fused-ring (bicyclic) bond motifs is 1. The van der Waals surface area contributed by atoms with E-state index in [1.165, 1.54) is 16.5 Å².